The standard InChI is InChI=1S/C29H24O6/c1-18-13-28(31)35-27-15-24(11-12-25(18)27)33-16-19-5-7-21(8-6-19)29(32)34-17-26(30)23-10-9-20-3-2-4-22(20)14-23/h5-15H,2-4,16-17H2,1H3. The SMILES string of the molecule is Cc1cc(=O)oc2cc(OCc3ccc(C(=O)OCC(=O)c4ccc5c(c4)CCC5)cc3)ccc12. The Kier molecular flexibility index (Phi) is 6.19. The average Bonchev–Trinajstić information content (AvgIpc) is 3.34. The van der Waals surface area contributed by atoms with Crippen molar-refractivity contribution in [3.05, 3.63) is 111 Å². The second-order valence-corrected chi connectivity index (χ2v) is 8.73. The molecule has 0 N–H and O–H groups in total. The molecule has 0 fully saturated rings. The van der Waals surface area contributed by atoms with Crippen LogP contribution in [0.5, 0.6) is 5.75 Å². The summed E-state index contributed by atoms with van der Waals surface area (Å²) in [6, 6.07) is 19.4. The minimum atomic E-state index is -0.549. The summed E-state index contributed by atoms with van der Waals surface area (Å²) in [5, 5.41) is 0.856. The lowest BCUT2D eigenvalue weighted by Gasteiger charge is -2.09. The highest BCUT2D eigenvalue weighted by Gasteiger charge is 2.16. The number of rotatable bonds is 7. The highest BCUT2D eigenvalue weighted by molar-refractivity contribution is 5.99. The van der Waals surface area contributed by atoms with Crippen molar-refractivity contribution in [3.8, 4) is 5.75 Å². The first kappa shape index (κ1) is 22.6. The van der Waals surface area contributed by atoms with Gasteiger partial charge in [0, 0.05) is 23.1 Å². The van der Waals surface area contributed by atoms with Gasteiger partial charge in [-0.25, -0.2) is 9.59 Å². The Morgan fingerprint density at radius 1 is 0.886 bits per heavy atom. The highest BCUT2D eigenvalue weighted by Crippen LogP contribution is 2.24. The average molecular weight is 469 g/mol. The third kappa shape index (κ3) is 5.01. The molecule has 176 valence electrons. The number of benzene rings is 3. The number of ketones is 1. The van der Waals surface area contributed by atoms with Crippen molar-refractivity contribution < 1.29 is 23.5 Å². The summed E-state index contributed by atoms with van der Waals surface area (Å²) in [6.07, 6.45) is 3.16. The molecule has 0 aliphatic heterocycles. The molecule has 1 aliphatic rings. The minimum Gasteiger partial charge on any atom is -0.489 e. The second-order valence-electron chi connectivity index (χ2n) is 8.73. The normalized spacial score (nSPS) is 12.4. The predicted octanol–water partition coefficient (Wildman–Crippen LogP) is 5.21. The van der Waals surface area contributed by atoms with Crippen LogP contribution in [0.25, 0.3) is 11.0 Å². The fourth-order valence-electron chi connectivity index (χ4n) is 4.34. The summed E-state index contributed by atoms with van der Waals surface area (Å²) in [7, 11) is 0. The number of hydrogen-bond donors (Lipinski definition) is 0. The van der Waals surface area contributed by atoms with Crippen LogP contribution in [0, 0.1) is 6.92 Å². The van der Waals surface area contributed by atoms with Crippen molar-refractivity contribution in [2.75, 3.05) is 6.61 Å². The molecule has 0 saturated heterocycles. The molecule has 0 amide bonds. The molecular formula is C29H24O6. The van der Waals surface area contributed by atoms with Gasteiger partial charge >= 0.3 is 11.6 Å². The third-order valence-electron chi connectivity index (χ3n) is 6.27. The monoisotopic (exact) mass is 468 g/mol. The lowest BCUT2D eigenvalue weighted by molar-refractivity contribution is 0.0474. The van der Waals surface area contributed by atoms with Crippen LogP contribution < -0.4 is 10.4 Å². The lowest BCUT2D eigenvalue weighted by Crippen LogP contribution is -2.14. The molecule has 3 aromatic carbocycles. The summed E-state index contributed by atoms with van der Waals surface area (Å²) in [5.74, 6) is -0.189. The lowest BCUT2D eigenvalue weighted by atomic mass is 10.0. The number of ether oxygens (including phenoxy) is 2. The maximum absolute atomic E-state index is 12.5. The van der Waals surface area contributed by atoms with Crippen LogP contribution in [0.1, 0.15) is 49.4 Å². The van der Waals surface area contributed by atoms with E-state index in [0.29, 0.717) is 22.5 Å². The maximum Gasteiger partial charge on any atom is 0.338 e. The van der Waals surface area contributed by atoms with Crippen molar-refractivity contribution in [1.29, 1.82) is 0 Å². The number of Topliss-reactive ketones (excluding diaryl/α,β-unsaturated/α-hetero) is 1. The van der Waals surface area contributed by atoms with E-state index in [1.807, 2.05) is 31.2 Å². The molecular weight excluding hydrogens is 444 g/mol. The van der Waals surface area contributed by atoms with Crippen molar-refractivity contribution in [3.63, 3.8) is 0 Å². The Balaban J connectivity index is 1.16. The number of hydrogen-bond acceptors (Lipinski definition) is 6. The first-order chi connectivity index (χ1) is 17.0. The number of carbonyl (C=O) groups is 2. The number of carbonyl (C=O) groups excluding carboxylic acids is 2. The molecule has 0 atom stereocenters. The quantitative estimate of drug-likeness (QED) is 0.210. The Bertz CT molecular complexity index is 1480. The largest absolute Gasteiger partial charge is 0.489 e. The van der Waals surface area contributed by atoms with Gasteiger partial charge in [0.15, 0.2) is 12.4 Å². The molecule has 0 spiro atoms. The Hall–Kier alpha value is -4.19. The number of fused-ring (bicyclic) bond motifs is 2. The fourth-order valence-corrected chi connectivity index (χ4v) is 4.34. The fraction of sp³-hybridized carbons (Fsp3) is 0.207. The first-order valence-electron chi connectivity index (χ1n) is 11.5. The molecule has 1 heterocycles. The van der Waals surface area contributed by atoms with E-state index in [4.69, 9.17) is 13.9 Å². The Morgan fingerprint density at radius 2 is 1.66 bits per heavy atom. The molecule has 0 unspecified atom stereocenters. The summed E-state index contributed by atoms with van der Waals surface area (Å²) in [6.45, 7) is 1.84. The van der Waals surface area contributed by atoms with Crippen LogP contribution >= 0.6 is 0 Å². The Morgan fingerprint density at radius 3 is 2.49 bits per heavy atom. The maximum atomic E-state index is 12.5. The van der Waals surface area contributed by atoms with E-state index in [1.54, 1.807) is 36.4 Å². The Labute approximate surface area is 202 Å². The van der Waals surface area contributed by atoms with Gasteiger partial charge in [0.25, 0.3) is 0 Å². The molecule has 5 rings (SSSR count). The molecule has 0 bridgehead atoms. The topological polar surface area (TPSA) is 82.8 Å². The number of esters is 1. The zero-order valence-corrected chi connectivity index (χ0v) is 19.3. The summed E-state index contributed by atoms with van der Waals surface area (Å²) < 4.78 is 16.3. The zero-order chi connectivity index (χ0) is 24.4. The van der Waals surface area contributed by atoms with Crippen LogP contribution in [-0.2, 0) is 24.2 Å². The highest BCUT2D eigenvalue weighted by atomic mass is 16.5. The molecule has 6 nitrogen and oxygen atoms in total. The summed E-state index contributed by atoms with van der Waals surface area (Å²) in [5.41, 5.74) is 5.21. The van der Waals surface area contributed by atoms with E-state index in [9.17, 15) is 14.4 Å². The minimum absolute atomic E-state index is 0.209. The smallest absolute Gasteiger partial charge is 0.338 e. The van der Waals surface area contributed by atoms with Gasteiger partial charge in [-0.05, 0) is 78.8 Å². The van der Waals surface area contributed by atoms with Gasteiger partial charge in [0.1, 0.15) is 17.9 Å². The van der Waals surface area contributed by atoms with Gasteiger partial charge in [0.05, 0.1) is 5.56 Å². The molecule has 1 aromatic heterocycles. The molecule has 1 aliphatic carbocycles. The molecule has 0 saturated carbocycles. The van der Waals surface area contributed by atoms with E-state index in [2.05, 4.69) is 0 Å². The van der Waals surface area contributed by atoms with Crippen molar-refractivity contribution in [2.45, 2.75) is 32.8 Å². The molecule has 0 radical (unpaired) electrons. The predicted molar refractivity (Wildman–Crippen MR) is 131 cm³/mol. The van der Waals surface area contributed by atoms with Crippen LogP contribution in [0.3, 0.4) is 0 Å². The first-order valence-corrected chi connectivity index (χ1v) is 11.5. The van der Waals surface area contributed by atoms with Gasteiger partial charge < -0.3 is 13.9 Å². The van der Waals surface area contributed by atoms with E-state index < -0.39 is 11.6 Å². The van der Waals surface area contributed by atoms with E-state index in [1.165, 1.54) is 17.2 Å². The summed E-state index contributed by atoms with van der Waals surface area (Å²) in [4.78, 5) is 36.5. The van der Waals surface area contributed by atoms with Crippen LogP contribution in [0.4, 0.5) is 0 Å². The molecule has 6 heteroatoms. The van der Waals surface area contributed by atoms with Crippen LogP contribution in [0.2, 0.25) is 0 Å². The van der Waals surface area contributed by atoms with Crippen molar-refractivity contribution >= 4 is 22.7 Å². The van der Waals surface area contributed by atoms with Gasteiger partial charge in [-0.15, -0.1) is 0 Å². The molecule has 35 heavy (non-hydrogen) atoms. The van der Waals surface area contributed by atoms with Crippen molar-refractivity contribution in [1.82, 2.24) is 0 Å². The molecule has 4 aromatic rings. The van der Waals surface area contributed by atoms with Gasteiger partial charge in [-0.1, -0.05) is 24.3 Å². The third-order valence-corrected chi connectivity index (χ3v) is 6.27. The summed E-state index contributed by atoms with van der Waals surface area (Å²) >= 11 is 0. The van der Waals surface area contributed by atoms with Crippen LogP contribution in [0.15, 0.2) is 75.9 Å². The van der Waals surface area contributed by atoms with E-state index in [-0.39, 0.29) is 19.0 Å². The van der Waals surface area contributed by atoms with Crippen LogP contribution in [-0.4, -0.2) is 18.4 Å². The van der Waals surface area contributed by atoms with Gasteiger partial charge in [-0.3, -0.25) is 4.79 Å². The van der Waals surface area contributed by atoms with Gasteiger partial charge in [0.2, 0.25) is 0 Å². The number of aryl methyl sites for hydroxylation is 3. The van der Waals surface area contributed by atoms with Gasteiger partial charge in [-0.2, -0.15) is 0 Å². The second kappa shape index (κ2) is 9.58. The van der Waals surface area contributed by atoms with Crippen molar-refractivity contribution in [2.24, 2.45) is 0 Å². The zero-order valence-electron chi connectivity index (χ0n) is 19.3. The van der Waals surface area contributed by atoms with E-state index >= 15 is 0 Å². The van der Waals surface area contributed by atoms with E-state index in [0.717, 1.165) is 35.8 Å².